The minimum Gasteiger partial charge on any atom is -0.351 e. The number of aryl methyl sites for hydroxylation is 2. The van der Waals surface area contributed by atoms with E-state index in [1.807, 2.05) is 32.0 Å². The van der Waals surface area contributed by atoms with Crippen molar-refractivity contribution in [3.63, 3.8) is 0 Å². The molecule has 1 heterocycles. The van der Waals surface area contributed by atoms with Crippen LogP contribution < -0.4 is 10.6 Å². The molecule has 0 unspecified atom stereocenters. The highest BCUT2D eigenvalue weighted by Gasteiger charge is 2.12. The summed E-state index contributed by atoms with van der Waals surface area (Å²) in [5.74, 6) is -0.510. The average Bonchev–Trinajstić information content (AvgIpc) is 2.57. The molecule has 2 amide bonds. The average molecular weight is 339 g/mol. The van der Waals surface area contributed by atoms with E-state index in [4.69, 9.17) is 0 Å². The van der Waals surface area contributed by atoms with E-state index in [0.717, 1.165) is 36.1 Å². The highest BCUT2D eigenvalue weighted by molar-refractivity contribution is 6.05. The van der Waals surface area contributed by atoms with Crippen molar-refractivity contribution in [2.24, 2.45) is 0 Å². The van der Waals surface area contributed by atoms with E-state index < -0.39 is 0 Å². The maximum atomic E-state index is 12.4. The van der Waals surface area contributed by atoms with E-state index in [1.54, 1.807) is 6.07 Å². The van der Waals surface area contributed by atoms with Gasteiger partial charge < -0.3 is 10.6 Å². The number of nitrogens with one attached hydrogen (secondary N) is 2. The van der Waals surface area contributed by atoms with E-state index in [-0.39, 0.29) is 17.5 Å². The number of unbranched alkanes of at least 4 members (excludes halogenated alkanes) is 2. The number of hydrogen-bond donors (Lipinski definition) is 2. The smallest absolute Gasteiger partial charge is 0.269 e. The van der Waals surface area contributed by atoms with E-state index in [2.05, 4.69) is 22.5 Å². The van der Waals surface area contributed by atoms with Crippen LogP contribution in [0.3, 0.4) is 0 Å². The lowest BCUT2D eigenvalue weighted by atomic mass is 10.1. The van der Waals surface area contributed by atoms with Gasteiger partial charge in [-0.3, -0.25) is 14.6 Å². The summed E-state index contributed by atoms with van der Waals surface area (Å²) in [5, 5.41) is 5.70. The maximum absolute atomic E-state index is 12.4. The summed E-state index contributed by atoms with van der Waals surface area (Å²) in [4.78, 5) is 28.6. The first kappa shape index (κ1) is 18.6. The third kappa shape index (κ3) is 5.71. The summed E-state index contributed by atoms with van der Waals surface area (Å²) >= 11 is 0. The fraction of sp³-hybridized carbons (Fsp3) is 0.350. The number of nitrogens with zero attached hydrogens (tertiary/aromatic N) is 1. The van der Waals surface area contributed by atoms with Gasteiger partial charge in [-0.05, 0) is 55.7 Å². The Labute approximate surface area is 148 Å². The maximum Gasteiger partial charge on any atom is 0.269 e. The fourth-order valence-electron chi connectivity index (χ4n) is 2.61. The van der Waals surface area contributed by atoms with Crippen molar-refractivity contribution in [3.05, 3.63) is 58.9 Å². The van der Waals surface area contributed by atoms with Gasteiger partial charge in [0.2, 0.25) is 0 Å². The molecule has 0 aliphatic heterocycles. The third-order valence-electron chi connectivity index (χ3n) is 3.80. The molecule has 0 spiro atoms. The van der Waals surface area contributed by atoms with Crippen LogP contribution in [0.15, 0.2) is 36.5 Å². The monoisotopic (exact) mass is 339 g/mol. The zero-order valence-electron chi connectivity index (χ0n) is 15.1. The number of benzene rings is 1. The lowest BCUT2D eigenvalue weighted by Gasteiger charge is -2.09. The number of anilines is 1. The van der Waals surface area contributed by atoms with Gasteiger partial charge in [0.1, 0.15) is 5.69 Å². The van der Waals surface area contributed by atoms with Crippen LogP contribution in [0.4, 0.5) is 5.69 Å². The SMILES string of the molecule is CCCCCNC(=O)c1cc(C(=O)Nc2cc(C)cc(C)c2)ccn1. The second kappa shape index (κ2) is 8.97. The first-order valence-corrected chi connectivity index (χ1v) is 8.63. The fourth-order valence-corrected chi connectivity index (χ4v) is 2.61. The van der Waals surface area contributed by atoms with Crippen molar-refractivity contribution in [1.82, 2.24) is 10.3 Å². The molecule has 2 rings (SSSR count). The lowest BCUT2D eigenvalue weighted by molar-refractivity contribution is 0.0948. The molecule has 0 aliphatic rings. The van der Waals surface area contributed by atoms with Crippen LogP contribution in [0.2, 0.25) is 0 Å². The molecule has 5 nitrogen and oxygen atoms in total. The molecule has 0 atom stereocenters. The number of carbonyl (C=O) groups is 2. The molecule has 0 aliphatic carbocycles. The van der Waals surface area contributed by atoms with E-state index >= 15 is 0 Å². The molecule has 0 saturated carbocycles. The normalized spacial score (nSPS) is 10.4. The van der Waals surface area contributed by atoms with Gasteiger partial charge in [-0.25, -0.2) is 0 Å². The van der Waals surface area contributed by atoms with E-state index in [9.17, 15) is 9.59 Å². The standard InChI is InChI=1S/C20H25N3O2/c1-4-5-6-8-22-20(25)18-13-16(7-9-21-18)19(24)23-17-11-14(2)10-15(3)12-17/h7,9-13H,4-6,8H2,1-3H3,(H,22,25)(H,23,24). The molecule has 0 bridgehead atoms. The number of aromatic nitrogens is 1. The zero-order chi connectivity index (χ0) is 18.2. The van der Waals surface area contributed by atoms with Gasteiger partial charge in [0.05, 0.1) is 0 Å². The molecule has 5 heteroatoms. The van der Waals surface area contributed by atoms with Crippen molar-refractivity contribution in [2.45, 2.75) is 40.0 Å². The van der Waals surface area contributed by atoms with E-state index in [0.29, 0.717) is 12.1 Å². The van der Waals surface area contributed by atoms with Crippen molar-refractivity contribution in [2.75, 3.05) is 11.9 Å². The predicted octanol–water partition coefficient (Wildman–Crippen LogP) is 3.87. The minimum absolute atomic E-state index is 0.253. The summed E-state index contributed by atoms with van der Waals surface area (Å²) in [5.41, 5.74) is 3.57. The summed E-state index contributed by atoms with van der Waals surface area (Å²) < 4.78 is 0. The Bertz CT molecular complexity index is 736. The van der Waals surface area contributed by atoms with Gasteiger partial charge in [-0.2, -0.15) is 0 Å². The number of hydrogen-bond acceptors (Lipinski definition) is 3. The predicted molar refractivity (Wildman–Crippen MR) is 100.0 cm³/mol. The molecule has 132 valence electrons. The number of carbonyl (C=O) groups excluding carboxylic acids is 2. The summed E-state index contributed by atoms with van der Waals surface area (Å²) in [7, 11) is 0. The lowest BCUT2D eigenvalue weighted by Crippen LogP contribution is -2.25. The molecule has 2 N–H and O–H groups in total. The third-order valence-corrected chi connectivity index (χ3v) is 3.80. The Kier molecular flexibility index (Phi) is 6.69. The van der Waals surface area contributed by atoms with Gasteiger partial charge >= 0.3 is 0 Å². The highest BCUT2D eigenvalue weighted by Crippen LogP contribution is 2.15. The Morgan fingerprint density at radius 1 is 1.00 bits per heavy atom. The van der Waals surface area contributed by atoms with Gasteiger partial charge in [0, 0.05) is 24.0 Å². The Morgan fingerprint density at radius 2 is 1.72 bits per heavy atom. The Hall–Kier alpha value is -2.69. The van der Waals surface area contributed by atoms with Crippen LogP contribution in [-0.2, 0) is 0 Å². The Morgan fingerprint density at radius 3 is 2.40 bits per heavy atom. The molecular formula is C20H25N3O2. The number of pyridine rings is 1. The van der Waals surface area contributed by atoms with Crippen LogP contribution in [0, 0.1) is 13.8 Å². The highest BCUT2D eigenvalue weighted by atomic mass is 16.2. The molecule has 0 fully saturated rings. The molecule has 0 radical (unpaired) electrons. The van der Waals surface area contributed by atoms with Crippen molar-refractivity contribution in [1.29, 1.82) is 0 Å². The first-order chi connectivity index (χ1) is 12.0. The molecular weight excluding hydrogens is 314 g/mol. The largest absolute Gasteiger partial charge is 0.351 e. The van der Waals surface area contributed by atoms with Crippen LogP contribution in [0.1, 0.15) is 58.2 Å². The van der Waals surface area contributed by atoms with Crippen LogP contribution >= 0.6 is 0 Å². The van der Waals surface area contributed by atoms with Gasteiger partial charge in [0.25, 0.3) is 11.8 Å². The van der Waals surface area contributed by atoms with Crippen LogP contribution in [0.25, 0.3) is 0 Å². The van der Waals surface area contributed by atoms with Gasteiger partial charge in [-0.1, -0.05) is 25.8 Å². The second-order valence-corrected chi connectivity index (χ2v) is 6.22. The molecule has 2 aromatic rings. The second-order valence-electron chi connectivity index (χ2n) is 6.22. The van der Waals surface area contributed by atoms with Gasteiger partial charge in [0.15, 0.2) is 0 Å². The summed E-state index contributed by atoms with van der Waals surface area (Å²) in [6, 6.07) is 8.99. The molecule has 0 saturated heterocycles. The molecule has 25 heavy (non-hydrogen) atoms. The van der Waals surface area contributed by atoms with Crippen LogP contribution in [-0.4, -0.2) is 23.3 Å². The molecule has 1 aromatic carbocycles. The number of amides is 2. The van der Waals surface area contributed by atoms with E-state index in [1.165, 1.54) is 12.3 Å². The topological polar surface area (TPSA) is 71.1 Å². The zero-order valence-corrected chi connectivity index (χ0v) is 15.1. The summed E-state index contributed by atoms with van der Waals surface area (Å²) in [6.45, 7) is 6.70. The first-order valence-electron chi connectivity index (χ1n) is 8.63. The quantitative estimate of drug-likeness (QED) is 0.752. The van der Waals surface area contributed by atoms with Gasteiger partial charge in [-0.15, -0.1) is 0 Å². The minimum atomic E-state index is -0.257. The number of rotatable bonds is 7. The van der Waals surface area contributed by atoms with Crippen LogP contribution in [0.5, 0.6) is 0 Å². The van der Waals surface area contributed by atoms with Crippen molar-refractivity contribution >= 4 is 17.5 Å². The molecule has 1 aromatic heterocycles. The Balaban J connectivity index is 2.04. The summed E-state index contributed by atoms with van der Waals surface area (Å²) in [6.07, 6.45) is 4.60. The van der Waals surface area contributed by atoms with Crippen molar-refractivity contribution < 1.29 is 9.59 Å². The van der Waals surface area contributed by atoms with Crippen molar-refractivity contribution in [3.8, 4) is 0 Å².